The number of carbonyl (C=O) groups excluding carboxylic acids is 1. The Balaban J connectivity index is 1.94. The lowest BCUT2D eigenvalue weighted by atomic mass is 10.1. The Morgan fingerprint density at radius 3 is 2.92 bits per heavy atom. The molecule has 4 rings (SSSR count). The lowest BCUT2D eigenvalue weighted by Gasteiger charge is -2.05. The molecule has 6 nitrogen and oxygen atoms in total. The molecule has 134 valence electrons. The van der Waals surface area contributed by atoms with E-state index < -0.39 is 17.3 Å². The molecule has 0 amide bonds. The molecule has 1 N–H and O–H groups in total. The van der Waals surface area contributed by atoms with Crippen LogP contribution in [-0.2, 0) is 4.74 Å². The highest BCUT2D eigenvalue weighted by Gasteiger charge is 2.33. The molecule has 0 aliphatic heterocycles. The predicted octanol–water partition coefficient (Wildman–Crippen LogP) is 3.54. The fraction of sp³-hybridized carbons (Fsp3) is 0.278. The van der Waals surface area contributed by atoms with Gasteiger partial charge in [0, 0.05) is 16.8 Å². The van der Waals surface area contributed by atoms with Gasteiger partial charge in [0.15, 0.2) is 5.82 Å². The van der Waals surface area contributed by atoms with Gasteiger partial charge in [-0.1, -0.05) is 11.6 Å². The number of nitrogens with one attached hydrogen (secondary N) is 1. The number of benzene rings is 1. The molecule has 0 unspecified atom stereocenters. The van der Waals surface area contributed by atoms with Crippen molar-refractivity contribution in [3.63, 3.8) is 0 Å². The van der Waals surface area contributed by atoms with Crippen molar-refractivity contribution in [2.24, 2.45) is 0 Å². The standard InChI is InChI=1S/C18H15ClFN3O3/c1-2-26-18(25)12-8-23-15(14(12)9-3-4-9)17(24)21-16(22-23)11-7-10(19)5-6-13(11)20/h5-9H,2-4H2,1H3,(H,21,22,24). The summed E-state index contributed by atoms with van der Waals surface area (Å²) in [7, 11) is 0. The molecule has 8 heteroatoms. The molecule has 1 saturated carbocycles. The third kappa shape index (κ3) is 2.78. The quantitative estimate of drug-likeness (QED) is 0.708. The van der Waals surface area contributed by atoms with E-state index in [2.05, 4.69) is 10.1 Å². The summed E-state index contributed by atoms with van der Waals surface area (Å²) in [6, 6.07) is 4.01. The molecule has 0 spiro atoms. The number of aromatic nitrogens is 3. The number of hydrogen-bond acceptors (Lipinski definition) is 4. The smallest absolute Gasteiger partial charge is 0.340 e. The number of halogens is 2. The van der Waals surface area contributed by atoms with Gasteiger partial charge in [-0.05, 0) is 43.9 Å². The van der Waals surface area contributed by atoms with Gasteiger partial charge in [0.25, 0.3) is 5.56 Å². The average molecular weight is 376 g/mol. The molecule has 26 heavy (non-hydrogen) atoms. The van der Waals surface area contributed by atoms with Gasteiger partial charge in [-0.3, -0.25) is 4.79 Å². The number of ether oxygens (including phenoxy) is 1. The zero-order chi connectivity index (χ0) is 18.4. The van der Waals surface area contributed by atoms with Crippen molar-refractivity contribution >= 4 is 23.1 Å². The van der Waals surface area contributed by atoms with Crippen molar-refractivity contribution in [3.05, 3.63) is 56.7 Å². The number of H-pyrrole nitrogens is 1. The van der Waals surface area contributed by atoms with Crippen LogP contribution in [0.4, 0.5) is 4.39 Å². The predicted molar refractivity (Wildman–Crippen MR) is 94.1 cm³/mol. The van der Waals surface area contributed by atoms with E-state index in [4.69, 9.17) is 16.3 Å². The summed E-state index contributed by atoms with van der Waals surface area (Å²) in [5.74, 6) is -0.877. The normalized spacial score (nSPS) is 14.0. The van der Waals surface area contributed by atoms with Crippen LogP contribution < -0.4 is 5.56 Å². The highest BCUT2D eigenvalue weighted by molar-refractivity contribution is 6.30. The Morgan fingerprint density at radius 2 is 2.23 bits per heavy atom. The van der Waals surface area contributed by atoms with Crippen LogP contribution in [0.1, 0.15) is 41.6 Å². The lowest BCUT2D eigenvalue weighted by Crippen LogP contribution is -2.15. The van der Waals surface area contributed by atoms with Gasteiger partial charge in [-0.2, -0.15) is 0 Å². The van der Waals surface area contributed by atoms with Crippen LogP contribution in [0.15, 0.2) is 29.2 Å². The number of aromatic amines is 1. The van der Waals surface area contributed by atoms with Crippen LogP contribution >= 0.6 is 11.6 Å². The van der Waals surface area contributed by atoms with E-state index in [1.54, 1.807) is 6.92 Å². The van der Waals surface area contributed by atoms with Crippen LogP contribution in [0, 0.1) is 5.82 Å². The molecule has 0 radical (unpaired) electrons. The molecule has 1 fully saturated rings. The first kappa shape index (κ1) is 16.8. The fourth-order valence-electron chi connectivity index (χ4n) is 3.07. The van der Waals surface area contributed by atoms with Crippen LogP contribution in [0.3, 0.4) is 0 Å². The van der Waals surface area contributed by atoms with Crippen molar-refractivity contribution in [1.82, 2.24) is 14.6 Å². The van der Waals surface area contributed by atoms with Crippen molar-refractivity contribution in [2.45, 2.75) is 25.7 Å². The highest BCUT2D eigenvalue weighted by Crippen LogP contribution is 2.43. The first-order valence-electron chi connectivity index (χ1n) is 8.27. The maximum Gasteiger partial charge on any atom is 0.340 e. The van der Waals surface area contributed by atoms with Crippen LogP contribution in [0.2, 0.25) is 5.02 Å². The van der Waals surface area contributed by atoms with Gasteiger partial charge in [0.1, 0.15) is 11.3 Å². The Morgan fingerprint density at radius 1 is 1.46 bits per heavy atom. The minimum Gasteiger partial charge on any atom is -0.462 e. The summed E-state index contributed by atoms with van der Waals surface area (Å²) in [5.41, 5.74) is 0.913. The van der Waals surface area contributed by atoms with E-state index in [9.17, 15) is 14.0 Å². The molecule has 2 aromatic heterocycles. The Labute approximate surface area is 152 Å². The van der Waals surface area contributed by atoms with Crippen LogP contribution in [0.5, 0.6) is 0 Å². The first-order chi connectivity index (χ1) is 12.5. The van der Waals surface area contributed by atoms with Gasteiger partial charge in [-0.15, -0.1) is 5.10 Å². The highest BCUT2D eigenvalue weighted by atomic mass is 35.5. The third-order valence-electron chi connectivity index (χ3n) is 4.34. The number of carbonyl (C=O) groups is 1. The summed E-state index contributed by atoms with van der Waals surface area (Å²) in [6.45, 7) is 1.95. The summed E-state index contributed by atoms with van der Waals surface area (Å²) in [6.07, 6.45) is 3.27. The second-order valence-electron chi connectivity index (χ2n) is 6.17. The molecule has 0 bridgehead atoms. The maximum absolute atomic E-state index is 14.1. The van der Waals surface area contributed by atoms with E-state index in [0.717, 1.165) is 12.8 Å². The summed E-state index contributed by atoms with van der Waals surface area (Å²) in [4.78, 5) is 27.6. The van der Waals surface area contributed by atoms with Crippen LogP contribution in [-0.4, -0.2) is 27.2 Å². The fourth-order valence-corrected chi connectivity index (χ4v) is 3.24. The SMILES string of the molecule is CCOC(=O)c1cn2nc(-c3cc(Cl)ccc3F)[nH]c(=O)c2c1C1CC1. The molecular weight excluding hydrogens is 361 g/mol. The largest absolute Gasteiger partial charge is 0.462 e. The van der Waals surface area contributed by atoms with E-state index >= 15 is 0 Å². The number of rotatable bonds is 4. The Bertz CT molecular complexity index is 1090. The van der Waals surface area contributed by atoms with Gasteiger partial charge in [0.2, 0.25) is 0 Å². The lowest BCUT2D eigenvalue weighted by molar-refractivity contribution is 0.0525. The molecule has 0 saturated heterocycles. The van der Waals surface area contributed by atoms with Gasteiger partial charge < -0.3 is 9.72 Å². The van der Waals surface area contributed by atoms with E-state index in [0.29, 0.717) is 21.7 Å². The molecule has 1 aromatic carbocycles. The molecule has 3 aromatic rings. The van der Waals surface area contributed by atoms with Crippen molar-refractivity contribution in [1.29, 1.82) is 0 Å². The van der Waals surface area contributed by atoms with E-state index in [1.807, 2.05) is 0 Å². The Hall–Kier alpha value is -2.67. The summed E-state index contributed by atoms with van der Waals surface area (Å²) < 4.78 is 20.6. The molecule has 1 aliphatic carbocycles. The molecular formula is C18H15ClFN3O3. The Kier molecular flexibility index (Phi) is 4.03. The minimum atomic E-state index is -0.558. The van der Waals surface area contributed by atoms with Crippen molar-refractivity contribution < 1.29 is 13.9 Å². The second kappa shape index (κ2) is 6.25. The number of fused-ring (bicyclic) bond motifs is 1. The third-order valence-corrected chi connectivity index (χ3v) is 4.58. The van der Waals surface area contributed by atoms with Gasteiger partial charge in [-0.25, -0.2) is 13.7 Å². The van der Waals surface area contributed by atoms with E-state index in [-0.39, 0.29) is 23.9 Å². The summed E-state index contributed by atoms with van der Waals surface area (Å²) >= 11 is 5.93. The van der Waals surface area contributed by atoms with E-state index in [1.165, 1.54) is 28.9 Å². The second-order valence-corrected chi connectivity index (χ2v) is 6.61. The molecule has 2 heterocycles. The number of nitrogens with zero attached hydrogens (tertiary/aromatic N) is 2. The first-order valence-corrected chi connectivity index (χ1v) is 8.65. The number of esters is 1. The minimum absolute atomic E-state index is 0.0373. The number of hydrogen-bond donors (Lipinski definition) is 1. The summed E-state index contributed by atoms with van der Waals surface area (Å²) in [5, 5.41) is 4.62. The van der Waals surface area contributed by atoms with Crippen molar-refractivity contribution in [3.8, 4) is 11.4 Å². The topological polar surface area (TPSA) is 76.5 Å². The zero-order valence-corrected chi connectivity index (χ0v) is 14.6. The molecule has 1 aliphatic rings. The van der Waals surface area contributed by atoms with Crippen molar-refractivity contribution in [2.75, 3.05) is 6.61 Å². The maximum atomic E-state index is 14.1. The van der Waals surface area contributed by atoms with Gasteiger partial charge >= 0.3 is 5.97 Å². The monoisotopic (exact) mass is 375 g/mol. The zero-order valence-electron chi connectivity index (χ0n) is 13.9. The van der Waals surface area contributed by atoms with Gasteiger partial charge in [0.05, 0.1) is 17.7 Å². The van der Waals surface area contributed by atoms with Crippen LogP contribution in [0.25, 0.3) is 16.9 Å². The average Bonchev–Trinajstić information content (AvgIpc) is 3.37. The molecule has 0 atom stereocenters.